The van der Waals surface area contributed by atoms with E-state index in [2.05, 4.69) is 35.3 Å². The van der Waals surface area contributed by atoms with E-state index in [0.717, 1.165) is 12.8 Å². The zero-order valence-electron chi connectivity index (χ0n) is 11.8. The number of benzene rings is 1. The SMILES string of the molecule is Cc1ccccc1CCc1nnc(C(N)C(C)C)o1. The predicted octanol–water partition coefficient (Wildman–Crippen LogP) is 2.82. The molecule has 1 atom stereocenters. The maximum Gasteiger partial charge on any atom is 0.233 e. The summed E-state index contributed by atoms with van der Waals surface area (Å²) in [4.78, 5) is 0. The Morgan fingerprint density at radius 2 is 1.89 bits per heavy atom. The average Bonchev–Trinajstić information content (AvgIpc) is 2.85. The molecule has 0 aliphatic carbocycles. The fourth-order valence-corrected chi connectivity index (χ4v) is 1.92. The van der Waals surface area contributed by atoms with Crippen molar-refractivity contribution in [2.75, 3.05) is 0 Å². The third-order valence-electron chi connectivity index (χ3n) is 3.36. The van der Waals surface area contributed by atoms with Gasteiger partial charge in [0.1, 0.15) is 0 Å². The van der Waals surface area contributed by atoms with Crippen LogP contribution in [0.2, 0.25) is 0 Å². The van der Waals surface area contributed by atoms with E-state index in [1.807, 2.05) is 19.9 Å². The fraction of sp³-hybridized carbons (Fsp3) is 0.467. The molecule has 0 saturated carbocycles. The second kappa shape index (κ2) is 5.97. The van der Waals surface area contributed by atoms with Gasteiger partial charge >= 0.3 is 0 Å². The summed E-state index contributed by atoms with van der Waals surface area (Å²) < 4.78 is 5.62. The zero-order chi connectivity index (χ0) is 13.8. The topological polar surface area (TPSA) is 64.9 Å². The van der Waals surface area contributed by atoms with E-state index in [4.69, 9.17) is 10.2 Å². The van der Waals surface area contributed by atoms with Gasteiger partial charge in [-0.2, -0.15) is 0 Å². The normalized spacial score (nSPS) is 12.9. The smallest absolute Gasteiger partial charge is 0.233 e. The first-order valence-corrected chi connectivity index (χ1v) is 6.70. The summed E-state index contributed by atoms with van der Waals surface area (Å²) >= 11 is 0. The molecule has 0 amide bonds. The third kappa shape index (κ3) is 3.41. The molecule has 19 heavy (non-hydrogen) atoms. The number of hydrogen-bond donors (Lipinski definition) is 1. The van der Waals surface area contributed by atoms with E-state index in [9.17, 15) is 0 Å². The van der Waals surface area contributed by atoms with Crippen LogP contribution in [-0.2, 0) is 12.8 Å². The molecule has 1 aromatic heterocycles. The molecule has 0 spiro atoms. The molecule has 2 rings (SSSR count). The maximum atomic E-state index is 5.99. The van der Waals surface area contributed by atoms with Crippen LogP contribution in [0.1, 0.15) is 42.8 Å². The van der Waals surface area contributed by atoms with Crippen LogP contribution in [0.5, 0.6) is 0 Å². The Kier molecular flexibility index (Phi) is 4.32. The van der Waals surface area contributed by atoms with Gasteiger partial charge in [0.25, 0.3) is 0 Å². The van der Waals surface area contributed by atoms with E-state index in [1.54, 1.807) is 0 Å². The number of aryl methyl sites for hydroxylation is 3. The summed E-state index contributed by atoms with van der Waals surface area (Å²) in [7, 11) is 0. The minimum atomic E-state index is -0.181. The summed E-state index contributed by atoms with van der Waals surface area (Å²) in [6.45, 7) is 6.20. The van der Waals surface area contributed by atoms with E-state index in [1.165, 1.54) is 11.1 Å². The van der Waals surface area contributed by atoms with Crippen molar-refractivity contribution in [2.45, 2.75) is 39.7 Å². The average molecular weight is 259 g/mol. The lowest BCUT2D eigenvalue weighted by Gasteiger charge is -2.09. The van der Waals surface area contributed by atoms with Crippen LogP contribution in [0.15, 0.2) is 28.7 Å². The van der Waals surface area contributed by atoms with Gasteiger partial charge in [0.15, 0.2) is 0 Å². The molecule has 4 nitrogen and oxygen atoms in total. The standard InChI is InChI=1S/C15H21N3O/c1-10(2)14(16)15-18-17-13(19-15)9-8-12-7-5-4-6-11(12)3/h4-7,10,14H,8-9,16H2,1-3H3. The Balaban J connectivity index is 1.99. The second-order valence-electron chi connectivity index (χ2n) is 5.23. The van der Waals surface area contributed by atoms with Crippen molar-refractivity contribution in [2.24, 2.45) is 11.7 Å². The van der Waals surface area contributed by atoms with Gasteiger partial charge in [-0.05, 0) is 30.4 Å². The molecule has 2 N–H and O–H groups in total. The summed E-state index contributed by atoms with van der Waals surface area (Å²) in [5, 5.41) is 8.10. The van der Waals surface area contributed by atoms with E-state index in [-0.39, 0.29) is 6.04 Å². The lowest BCUT2D eigenvalue weighted by molar-refractivity contribution is 0.370. The van der Waals surface area contributed by atoms with E-state index < -0.39 is 0 Å². The molecule has 1 heterocycles. The summed E-state index contributed by atoms with van der Waals surface area (Å²) in [6, 6.07) is 8.16. The second-order valence-corrected chi connectivity index (χ2v) is 5.23. The minimum absolute atomic E-state index is 0.181. The van der Waals surface area contributed by atoms with Crippen molar-refractivity contribution < 1.29 is 4.42 Å². The summed E-state index contributed by atoms with van der Waals surface area (Å²) in [6.07, 6.45) is 1.66. The van der Waals surface area contributed by atoms with Crippen LogP contribution >= 0.6 is 0 Å². The molecule has 0 saturated heterocycles. The maximum absolute atomic E-state index is 5.99. The molecule has 2 aromatic rings. The lowest BCUT2D eigenvalue weighted by Crippen LogP contribution is -2.16. The highest BCUT2D eigenvalue weighted by molar-refractivity contribution is 5.25. The van der Waals surface area contributed by atoms with Gasteiger partial charge in [0, 0.05) is 6.42 Å². The molecule has 4 heteroatoms. The van der Waals surface area contributed by atoms with Crippen molar-refractivity contribution in [1.82, 2.24) is 10.2 Å². The number of nitrogens with two attached hydrogens (primary N) is 1. The highest BCUT2D eigenvalue weighted by Gasteiger charge is 2.17. The first-order valence-electron chi connectivity index (χ1n) is 6.70. The molecular formula is C15H21N3O. The highest BCUT2D eigenvalue weighted by Crippen LogP contribution is 2.18. The van der Waals surface area contributed by atoms with Gasteiger partial charge in [0.05, 0.1) is 6.04 Å². The molecule has 0 bridgehead atoms. The zero-order valence-corrected chi connectivity index (χ0v) is 11.8. The number of aromatic nitrogens is 2. The van der Waals surface area contributed by atoms with Crippen molar-refractivity contribution in [3.63, 3.8) is 0 Å². The van der Waals surface area contributed by atoms with Crippen LogP contribution in [0.4, 0.5) is 0 Å². The molecule has 1 unspecified atom stereocenters. The van der Waals surface area contributed by atoms with Gasteiger partial charge in [-0.25, -0.2) is 0 Å². The summed E-state index contributed by atoms with van der Waals surface area (Å²) in [5.41, 5.74) is 8.59. The van der Waals surface area contributed by atoms with Crippen LogP contribution < -0.4 is 5.73 Å². The molecule has 0 fully saturated rings. The van der Waals surface area contributed by atoms with Crippen LogP contribution in [-0.4, -0.2) is 10.2 Å². The Morgan fingerprint density at radius 1 is 1.16 bits per heavy atom. The molecule has 1 aromatic carbocycles. The van der Waals surface area contributed by atoms with Crippen LogP contribution in [0, 0.1) is 12.8 Å². The number of nitrogens with zero attached hydrogens (tertiary/aromatic N) is 2. The van der Waals surface area contributed by atoms with Crippen LogP contribution in [0.3, 0.4) is 0 Å². The Hall–Kier alpha value is -1.68. The molecule has 0 aliphatic heterocycles. The Labute approximate surface area is 114 Å². The Morgan fingerprint density at radius 3 is 2.58 bits per heavy atom. The fourth-order valence-electron chi connectivity index (χ4n) is 1.92. The van der Waals surface area contributed by atoms with Gasteiger partial charge < -0.3 is 10.2 Å². The predicted molar refractivity (Wildman–Crippen MR) is 74.7 cm³/mol. The van der Waals surface area contributed by atoms with Crippen LogP contribution in [0.25, 0.3) is 0 Å². The van der Waals surface area contributed by atoms with Crippen molar-refractivity contribution in [3.8, 4) is 0 Å². The molecule has 0 aliphatic rings. The quantitative estimate of drug-likeness (QED) is 0.896. The largest absolute Gasteiger partial charge is 0.424 e. The highest BCUT2D eigenvalue weighted by atomic mass is 16.4. The van der Waals surface area contributed by atoms with Gasteiger partial charge in [-0.15, -0.1) is 10.2 Å². The third-order valence-corrected chi connectivity index (χ3v) is 3.36. The van der Waals surface area contributed by atoms with E-state index in [0.29, 0.717) is 17.7 Å². The number of rotatable bonds is 5. The molecular weight excluding hydrogens is 238 g/mol. The first kappa shape index (κ1) is 13.7. The van der Waals surface area contributed by atoms with Crippen molar-refractivity contribution in [3.05, 3.63) is 47.2 Å². The van der Waals surface area contributed by atoms with Gasteiger partial charge in [-0.1, -0.05) is 38.1 Å². The van der Waals surface area contributed by atoms with Crippen molar-refractivity contribution >= 4 is 0 Å². The summed E-state index contributed by atoms with van der Waals surface area (Å²) in [5.74, 6) is 1.49. The minimum Gasteiger partial charge on any atom is -0.424 e. The first-order chi connectivity index (χ1) is 9.08. The monoisotopic (exact) mass is 259 g/mol. The van der Waals surface area contributed by atoms with Crippen molar-refractivity contribution in [1.29, 1.82) is 0 Å². The number of hydrogen-bond acceptors (Lipinski definition) is 4. The molecule has 0 radical (unpaired) electrons. The van der Waals surface area contributed by atoms with Gasteiger partial charge in [-0.3, -0.25) is 0 Å². The Bertz CT molecular complexity index is 534. The van der Waals surface area contributed by atoms with Gasteiger partial charge in [0.2, 0.25) is 11.8 Å². The molecule has 102 valence electrons. The lowest BCUT2D eigenvalue weighted by atomic mass is 10.0. The van der Waals surface area contributed by atoms with E-state index >= 15 is 0 Å².